The van der Waals surface area contributed by atoms with Gasteiger partial charge in [0.05, 0.1) is 0 Å². The molecular formula is C8H9N5. The van der Waals surface area contributed by atoms with E-state index in [1.54, 1.807) is 0 Å². The van der Waals surface area contributed by atoms with Gasteiger partial charge in [-0.05, 0) is 23.8 Å². The Hall–Kier alpha value is -1.91. The number of anilines is 1. The summed E-state index contributed by atoms with van der Waals surface area (Å²) in [6.07, 6.45) is 0. The van der Waals surface area contributed by atoms with Gasteiger partial charge in [-0.3, -0.25) is 0 Å². The van der Waals surface area contributed by atoms with E-state index in [-0.39, 0.29) is 0 Å². The summed E-state index contributed by atoms with van der Waals surface area (Å²) in [6.45, 7) is 1.94. The van der Waals surface area contributed by atoms with Crippen molar-refractivity contribution in [1.82, 2.24) is 20.6 Å². The van der Waals surface area contributed by atoms with E-state index in [1.807, 2.05) is 25.1 Å². The summed E-state index contributed by atoms with van der Waals surface area (Å²) < 4.78 is 0. The van der Waals surface area contributed by atoms with Crippen LogP contribution in [0.25, 0.3) is 11.4 Å². The summed E-state index contributed by atoms with van der Waals surface area (Å²) in [6, 6.07) is 5.73. The van der Waals surface area contributed by atoms with Crippen LogP contribution in [-0.4, -0.2) is 20.6 Å². The Morgan fingerprint density at radius 2 is 2.23 bits per heavy atom. The highest BCUT2D eigenvalue weighted by Crippen LogP contribution is 2.24. The molecule has 0 saturated heterocycles. The summed E-state index contributed by atoms with van der Waals surface area (Å²) in [5.41, 5.74) is 8.38. The van der Waals surface area contributed by atoms with Gasteiger partial charge in [0.2, 0.25) is 5.82 Å². The molecule has 0 aliphatic rings. The van der Waals surface area contributed by atoms with Gasteiger partial charge < -0.3 is 5.73 Å². The quantitative estimate of drug-likeness (QED) is 0.627. The van der Waals surface area contributed by atoms with E-state index in [1.165, 1.54) is 0 Å². The van der Waals surface area contributed by atoms with Gasteiger partial charge in [0.25, 0.3) is 0 Å². The number of rotatable bonds is 1. The first-order valence-corrected chi connectivity index (χ1v) is 3.88. The molecule has 5 nitrogen and oxygen atoms in total. The lowest BCUT2D eigenvalue weighted by atomic mass is 10.1. The summed E-state index contributed by atoms with van der Waals surface area (Å²) >= 11 is 0. The minimum atomic E-state index is 0.529. The molecule has 0 unspecified atom stereocenters. The van der Waals surface area contributed by atoms with Crippen molar-refractivity contribution in [3.63, 3.8) is 0 Å². The molecule has 0 amide bonds. The average molecular weight is 175 g/mol. The number of benzene rings is 1. The van der Waals surface area contributed by atoms with Crippen LogP contribution in [0.4, 0.5) is 5.69 Å². The van der Waals surface area contributed by atoms with Gasteiger partial charge in [0.1, 0.15) is 0 Å². The number of aromatic nitrogens is 4. The van der Waals surface area contributed by atoms with Crippen LogP contribution in [0.3, 0.4) is 0 Å². The normalized spacial score (nSPS) is 10.2. The zero-order chi connectivity index (χ0) is 9.26. The van der Waals surface area contributed by atoms with Crippen molar-refractivity contribution in [2.24, 2.45) is 0 Å². The van der Waals surface area contributed by atoms with E-state index in [2.05, 4.69) is 20.6 Å². The molecular weight excluding hydrogens is 166 g/mol. The molecule has 0 spiro atoms. The zero-order valence-electron chi connectivity index (χ0n) is 7.15. The third kappa shape index (κ3) is 1.24. The molecule has 1 aromatic heterocycles. The second kappa shape index (κ2) is 2.85. The second-order valence-electron chi connectivity index (χ2n) is 2.77. The van der Waals surface area contributed by atoms with Crippen molar-refractivity contribution < 1.29 is 0 Å². The Labute approximate surface area is 75.0 Å². The number of para-hydroxylation sites is 1. The molecule has 2 aromatic rings. The number of aromatic amines is 1. The van der Waals surface area contributed by atoms with Gasteiger partial charge in [-0.25, -0.2) is 0 Å². The predicted octanol–water partition coefficient (Wildman–Crippen LogP) is 0.757. The van der Waals surface area contributed by atoms with Crippen molar-refractivity contribution in [3.05, 3.63) is 23.8 Å². The lowest BCUT2D eigenvalue weighted by Crippen LogP contribution is -1.94. The number of aryl methyl sites for hydroxylation is 1. The highest BCUT2D eigenvalue weighted by molar-refractivity contribution is 5.73. The van der Waals surface area contributed by atoms with E-state index < -0.39 is 0 Å². The lowest BCUT2D eigenvalue weighted by molar-refractivity contribution is 0.881. The van der Waals surface area contributed by atoms with Gasteiger partial charge in [0.15, 0.2) is 0 Å². The van der Waals surface area contributed by atoms with Crippen LogP contribution in [0.5, 0.6) is 0 Å². The van der Waals surface area contributed by atoms with Crippen LogP contribution in [0.1, 0.15) is 5.56 Å². The monoisotopic (exact) mass is 175 g/mol. The van der Waals surface area contributed by atoms with Gasteiger partial charge >= 0.3 is 0 Å². The van der Waals surface area contributed by atoms with E-state index in [9.17, 15) is 0 Å². The van der Waals surface area contributed by atoms with Crippen LogP contribution in [0, 0.1) is 6.92 Å². The van der Waals surface area contributed by atoms with E-state index >= 15 is 0 Å². The van der Waals surface area contributed by atoms with Gasteiger partial charge in [-0.2, -0.15) is 5.21 Å². The Morgan fingerprint density at radius 1 is 1.38 bits per heavy atom. The number of tetrazole rings is 1. The van der Waals surface area contributed by atoms with Crippen LogP contribution < -0.4 is 5.73 Å². The van der Waals surface area contributed by atoms with E-state index in [0.29, 0.717) is 11.5 Å². The SMILES string of the molecule is Cc1cccc(-c2nn[nH]n2)c1N. The molecule has 0 aliphatic carbocycles. The minimum Gasteiger partial charge on any atom is -0.398 e. The Balaban J connectivity index is 2.59. The number of H-pyrrole nitrogens is 1. The third-order valence-electron chi connectivity index (χ3n) is 1.91. The number of nitrogens with zero attached hydrogens (tertiary/aromatic N) is 3. The largest absolute Gasteiger partial charge is 0.398 e. The number of nitrogens with two attached hydrogens (primary N) is 1. The smallest absolute Gasteiger partial charge is 0.206 e. The Morgan fingerprint density at radius 3 is 2.92 bits per heavy atom. The van der Waals surface area contributed by atoms with Crippen molar-refractivity contribution in [2.75, 3.05) is 5.73 Å². The molecule has 0 saturated carbocycles. The van der Waals surface area contributed by atoms with Gasteiger partial charge in [-0.1, -0.05) is 12.1 Å². The second-order valence-corrected chi connectivity index (χ2v) is 2.77. The first-order valence-electron chi connectivity index (χ1n) is 3.88. The maximum atomic E-state index is 5.85. The number of nitrogen functional groups attached to an aromatic ring is 1. The number of hydrogen-bond donors (Lipinski definition) is 2. The molecule has 2 rings (SSSR count). The van der Waals surface area contributed by atoms with Crippen LogP contribution in [0.2, 0.25) is 0 Å². The van der Waals surface area contributed by atoms with Crippen molar-refractivity contribution in [1.29, 1.82) is 0 Å². The Bertz CT molecular complexity index is 406. The molecule has 0 fully saturated rings. The number of nitrogens with one attached hydrogen (secondary N) is 1. The molecule has 0 aliphatic heterocycles. The average Bonchev–Trinajstić information content (AvgIpc) is 2.62. The van der Waals surface area contributed by atoms with Crippen molar-refractivity contribution >= 4 is 5.69 Å². The summed E-state index contributed by atoms with van der Waals surface area (Å²) in [4.78, 5) is 0. The maximum Gasteiger partial charge on any atom is 0.206 e. The topological polar surface area (TPSA) is 80.5 Å². The fourth-order valence-corrected chi connectivity index (χ4v) is 1.15. The summed E-state index contributed by atoms with van der Waals surface area (Å²) in [5.74, 6) is 0.529. The molecule has 0 atom stereocenters. The predicted molar refractivity (Wildman–Crippen MR) is 48.8 cm³/mol. The van der Waals surface area contributed by atoms with Crippen LogP contribution in [-0.2, 0) is 0 Å². The first-order chi connectivity index (χ1) is 6.29. The minimum absolute atomic E-state index is 0.529. The van der Waals surface area contributed by atoms with Crippen LogP contribution in [0.15, 0.2) is 18.2 Å². The highest BCUT2D eigenvalue weighted by Gasteiger charge is 2.07. The fourth-order valence-electron chi connectivity index (χ4n) is 1.15. The molecule has 5 heteroatoms. The van der Waals surface area contributed by atoms with Crippen molar-refractivity contribution in [3.8, 4) is 11.4 Å². The molecule has 0 bridgehead atoms. The van der Waals surface area contributed by atoms with E-state index in [0.717, 1.165) is 11.1 Å². The van der Waals surface area contributed by atoms with Crippen LogP contribution >= 0.6 is 0 Å². The van der Waals surface area contributed by atoms with E-state index in [4.69, 9.17) is 5.73 Å². The third-order valence-corrected chi connectivity index (χ3v) is 1.91. The fraction of sp³-hybridized carbons (Fsp3) is 0.125. The first kappa shape index (κ1) is 7.72. The Kier molecular flexibility index (Phi) is 1.70. The summed E-state index contributed by atoms with van der Waals surface area (Å²) in [5, 5.41) is 13.6. The van der Waals surface area contributed by atoms with Gasteiger partial charge in [-0.15, -0.1) is 10.2 Å². The molecule has 1 aromatic carbocycles. The van der Waals surface area contributed by atoms with Crippen molar-refractivity contribution in [2.45, 2.75) is 6.92 Å². The standard InChI is InChI=1S/C8H9N5/c1-5-3-2-4-6(7(5)9)8-10-12-13-11-8/h2-4H,9H2,1H3,(H,10,11,12,13). The lowest BCUT2D eigenvalue weighted by Gasteiger charge is -2.02. The zero-order valence-corrected chi connectivity index (χ0v) is 7.15. The number of hydrogen-bond acceptors (Lipinski definition) is 4. The maximum absolute atomic E-state index is 5.85. The molecule has 0 radical (unpaired) electrons. The molecule has 13 heavy (non-hydrogen) atoms. The molecule has 1 heterocycles. The molecule has 66 valence electrons. The summed E-state index contributed by atoms with van der Waals surface area (Å²) in [7, 11) is 0. The van der Waals surface area contributed by atoms with Gasteiger partial charge in [0, 0.05) is 11.3 Å². The highest BCUT2D eigenvalue weighted by atomic mass is 15.5. The molecule has 3 N–H and O–H groups in total.